The molecule has 2 aromatic rings. The van der Waals surface area contributed by atoms with E-state index in [0.717, 1.165) is 25.7 Å². The Morgan fingerprint density at radius 2 is 1.92 bits per heavy atom. The van der Waals surface area contributed by atoms with Crippen molar-refractivity contribution in [2.45, 2.75) is 49.6 Å². The Kier molecular flexibility index (Phi) is 5.15. The zero-order chi connectivity index (χ0) is 17.0. The number of nitrogens with zero attached hydrogens (tertiary/aromatic N) is 3. The van der Waals surface area contributed by atoms with E-state index in [0.29, 0.717) is 12.4 Å². The lowest BCUT2D eigenvalue weighted by atomic mass is 9.91. The van der Waals surface area contributed by atoms with Crippen LogP contribution in [0.5, 0.6) is 5.75 Å². The number of hydrogen-bond acceptors (Lipinski definition) is 5. The lowest BCUT2D eigenvalue weighted by Crippen LogP contribution is -2.38. The van der Waals surface area contributed by atoms with Gasteiger partial charge < -0.3 is 9.30 Å². The van der Waals surface area contributed by atoms with Crippen molar-refractivity contribution in [1.29, 1.82) is 0 Å². The number of benzene rings is 1. The Balaban J connectivity index is 1.67. The summed E-state index contributed by atoms with van der Waals surface area (Å²) < 4.78 is 35.3. The van der Waals surface area contributed by atoms with Crippen molar-refractivity contribution in [3.05, 3.63) is 36.9 Å². The number of ether oxygens (including phenoxy) is 1. The van der Waals surface area contributed by atoms with Gasteiger partial charge in [0.25, 0.3) is 0 Å². The monoisotopic (exact) mass is 350 g/mol. The molecular formula is C16H22N4O3S. The normalized spacial score (nSPS) is 21.5. The number of nitrogens with one attached hydrogen (secondary N) is 1. The van der Waals surface area contributed by atoms with Crippen molar-refractivity contribution < 1.29 is 13.2 Å². The van der Waals surface area contributed by atoms with Gasteiger partial charge in [0.1, 0.15) is 18.4 Å². The quantitative estimate of drug-likeness (QED) is 0.862. The molecule has 130 valence electrons. The van der Waals surface area contributed by atoms with Crippen LogP contribution >= 0.6 is 0 Å². The molecule has 7 nitrogen and oxygen atoms in total. The summed E-state index contributed by atoms with van der Waals surface area (Å²) in [6.07, 6.45) is 6.95. The van der Waals surface area contributed by atoms with Crippen LogP contribution < -0.4 is 9.46 Å². The van der Waals surface area contributed by atoms with E-state index in [-0.39, 0.29) is 17.0 Å². The lowest BCUT2D eigenvalue weighted by Gasteiger charge is -2.30. The van der Waals surface area contributed by atoms with Gasteiger partial charge in [-0.2, -0.15) is 0 Å². The number of hydrogen-bond donors (Lipinski definition) is 1. The lowest BCUT2D eigenvalue weighted by molar-refractivity contribution is 0.305. The van der Waals surface area contributed by atoms with Gasteiger partial charge in [0.2, 0.25) is 10.0 Å². The van der Waals surface area contributed by atoms with Crippen LogP contribution in [0.25, 0.3) is 0 Å². The number of aromatic nitrogens is 3. The molecule has 1 aromatic carbocycles. The van der Waals surface area contributed by atoms with Gasteiger partial charge in [-0.3, -0.25) is 0 Å². The molecule has 0 saturated heterocycles. The summed E-state index contributed by atoms with van der Waals surface area (Å²) >= 11 is 0. The maximum Gasteiger partial charge on any atom is 0.240 e. The molecule has 24 heavy (non-hydrogen) atoms. The van der Waals surface area contributed by atoms with Gasteiger partial charge in [-0.25, -0.2) is 13.1 Å². The highest BCUT2D eigenvalue weighted by Crippen LogP contribution is 2.29. The molecule has 1 N–H and O–H groups in total. The smallest absolute Gasteiger partial charge is 0.240 e. The highest BCUT2D eigenvalue weighted by atomic mass is 32.2. The van der Waals surface area contributed by atoms with Crippen LogP contribution in [-0.2, 0) is 10.0 Å². The molecule has 1 aromatic heterocycles. The van der Waals surface area contributed by atoms with E-state index < -0.39 is 10.0 Å². The summed E-state index contributed by atoms with van der Waals surface area (Å²) in [4.78, 5) is 0.261. The number of sulfonamides is 1. The predicted octanol–water partition coefficient (Wildman–Crippen LogP) is 2.14. The molecule has 0 spiro atoms. The van der Waals surface area contributed by atoms with E-state index in [1.165, 1.54) is 0 Å². The summed E-state index contributed by atoms with van der Waals surface area (Å²) in [5.74, 6) is 0.668. The van der Waals surface area contributed by atoms with Crippen molar-refractivity contribution in [2.75, 3.05) is 6.61 Å². The highest BCUT2D eigenvalue weighted by molar-refractivity contribution is 7.89. The zero-order valence-corrected chi connectivity index (χ0v) is 14.4. The Labute approximate surface area is 142 Å². The Morgan fingerprint density at radius 3 is 2.58 bits per heavy atom. The maximum atomic E-state index is 12.6. The predicted molar refractivity (Wildman–Crippen MR) is 89.2 cm³/mol. The molecule has 1 heterocycles. The van der Waals surface area contributed by atoms with Gasteiger partial charge in [-0.1, -0.05) is 0 Å². The van der Waals surface area contributed by atoms with E-state index in [9.17, 15) is 8.42 Å². The Hall–Kier alpha value is -1.93. The minimum absolute atomic E-state index is 0.0808. The van der Waals surface area contributed by atoms with Crippen LogP contribution in [0, 0.1) is 0 Å². The SMILES string of the molecule is CCOc1ccc(S(=O)(=O)N[C@H]2CCC[C@@H](n3cnnc3)C2)cc1. The topological polar surface area (TPSA) is 86.1 Å². The van der Waals surface area contributed by atoms with Gasteiger partial charge in [0.05, 0.1) is 11.5 Å². The molecule has 0 radical (unpaired) electrons. The summed E-state index contributed by atoms with van der Waals surface area (Å²) in [6, 6.07) is 6.67. The Bertz CT molecular complexity index is 744. The Morgan fingerprint density at radius 1 is 1.21 bits per heavy atom. The first-order chi connectivity index (χ1) is 11.6. The van der Waals surface area contributed by atoms with Gasteiger partial charge in [0, 0.05) is 12.1 Å². The van der Waals surface area contributed by atoms with Crippen LogP contribution in [0.3, 0.4) is 0 Å². The second-order valence-corrected chi connectivity index (χ2v) is 7.67. The molecule has 0 amide bonds. The minimum Gasteiger partial charge on any atom is -0.494 e. The van der Waals surface area contributed by atoms with Gasteiger partial charge in [-0.15, -0.1) is 10.2 Å². The van der Waals surface area contributed by atoms with E-state index in [4.69, 9.17) is 4.74 Å². The summed E-state index contributed by atoms with van der Waals surface area (Å²) in [6.45, 7) is 2.44. The summed E-state index contributed by atoms with van der Waals surface area (Å²) in [5, 5.41) is 7.66. The molecule has 1 fully saturated rings. The third kappa shape index (κ3) is 3.93. The maximum absolute atomic E-state index is 12.6. The fraction of sp³-hybridized carbons (Fsp3) is 0.500. The molecular weight excluding hydrogens is 328 g/mol. The van der Waals surface area contributed by atoms with Gasteiger partial charge in [0.15, 0.2) is 0 Å². The first-order valence-electron chi connectivity index (χ1n) is 8.18. The van der Waals surface area contributed by atoms with Crippen molar-refractivity contribution in [3.8, 4) is 5.75 Å². The van der Waals surface area contributed by atoms with Crippen molar-refractivity contribution in [3.63, 3.8) is 0 Å². The van der Waals surface area contributed by atoms with Gasteiger partial charge >= 0.3 is 0 Å². The third-order valence-electron chi connectivity index (χ3n) is 4.27. The van der Waals surface area contributed by atoms with Crippen LogP contribution in [-0.4, -0.2) is 35.8 Å². The molecule has 3 rings (SSSR count). The third-order valence-corrected chi connectivity index (χ3v) is 5.81. The molecule has 0 bridgehead atoms. The summed E-state index contributed by atoms with van der Waals surface area (Å²) in [7, 11) is -3.53. The second kappa shape index (κ2) is 7.31. The van der Waals surface area contributed by atoms with Crippen molar-refractivity contribution >= 4 is 10.0 Å². The largest absolute Gasteiger partial charge is 0.494 e. The average Bonchev–Trinajstić information content (AvgIpc) is 3.10. The second-order valence-electron chi connectivity index (χ2n) is 5.95. The molecule has 0 aliphatic heterocycles. The molecule has 2 atom stereocenters. The standard InChI is InChI=1S/C16H22N4O3S/c1-2-23-15-6-8-16(9-7-15)24(21,22)19-13-4-3-5-14(10-13)20-11-17-18-12-20/h6-9,11-14,19H,2-5,10H2,1H3/t13-,14+/m0/s1. The van der Waals surface area contributed by atoms with Gasteiger partial charge in [-0.05, 0) is 56.9 Å². The first kappa shape index (κ1) is 16.9. The van der Waals surface area contributed by atoms with Crippen LogP contribution in [0.2, 0.25) is 0 Å². The molecule has 0 unspecified atom stereocenters. The van der Waals surface area contributed by atoms with Crippen LogP contribution in [0.15, 0.2) is 41.8 Å². The van der Waals surface area contributed by atoms with E-state index >= 15 is 0 Å². The molecule has 1 aliphatic carbocycles. The van der Waals surface area contributed by atoms with E-state index in [1.807, 2.05) is 11.5 Å². The average molecular weight is 350 g/mol. The fourth-order valence-corrected chi connectivity index (χ4v) is 4.39. The molecule has 8 heteroatoms. The van der Waals surface area contributed by atoms with E-state index in [2.05, 4.69) is 14.9 Å². The van der Waals surface area contributed by atoms with E-state index in [1.54, 1.807) is 36.9 Å². The minimum atomic E-state index is -3.53. The van der Waals surface area contributed by atoms with Crippen molar-refractivity contribution in [2.24, 2.45) is 0 Å². The van der Waals surface area contributed by atoms with Crippen LogP contribution in [0.4, 0.5) is 0 Å². The zero-order valence-electron chi connectivity index (χ0n) is 13.6. The van der Waals surface area contributed by atoms with Crippen LogP contribution in [0.1, 0.15) is 38.6 Å². The van der Waals surface area contributed by atoms with Crippen molar-refractivity contribution in [1.82, 2.24) is 19.5 Å². The first-order valence-corrected chi connectivity index (χ1v) is 9.66. The summed E-state index contributed by atoms with van der Waals surface area (Å²) in [5.41, 5.74) is 0. The molecule has 1 saturated carbocycles. The number of rotatable bonds is 6. The molecule has 1 aliphatic rings. The highest BCUT2D eigenvalue weighted by Gasteiger charge is 2.27. The fourth-order valence-electron chi connectivity index (χ4n) is 3.11.